The number of H-pyrrole nitrogens is 2. The summed E-state index contributed by atoms with van der Waals surface area (Å²) < 4.78 is 28.1. The Bertz CT molecular complexity index is 2270. The number of benzene rings is 3. The van der Waals surface area contributed by atoms with Crippen LogP contribution in [0.25, 0.3) is 21.9 Å². The molecule has 2 aliphatic heterocycles. The van der Waals surface area contributed by atoms with E-state index in [1.54, 1.807) is 24.3 Å². The number of rotatable bonds is 11. The molecule has 2 saturated heterocycles. The number of hydrogen-bond donors (Lipinski definition) is 3. The number of piperidine rings is 1. The van der Waals surface area contributed by atoms with E-state index in [4.69, 9.17) is 31.0 Å². The predicted molar refractivity (Wildman–Crippen MR) is 191 cm³/mol. The molecule has 0 bridgehead atoms. The maximum Gasteiger partial charge on any atom is 0.271 e. The highest BCUT2D eigenvalue weighted by Gasteiger charge is 2.26. The molecule has 0 spiro atoms. The molecule has 13 heteroatoms. The number of imidazole rings is 1. The van der Waals surface area contributed by atoms with Crippen LogP contribution < -0.4 is 15.6 Å². The van der Waals surface area contributed by atoms with Crippen LogP contribution in [0.5, 0.6) is 5.88 Å². The number of pyridine rings is 1. The van der Waals surface area contributed by atoms with Gasteiger partial charge in [0.15, 0.2) is 0 Å². The van der Waals surface area contributed by atoms with Crippen molar-refractivity contribution in [1.29, 1.82) is 0 Å². The molecule has 0 saturated carbocycles. The fourth-order valence-corrected chi connectivity index (χ4v) is 7.03. The number of hydrogen-bond acceptors (Lipinski definition) is 7. The topological polar surface area (TPSA) is 130 Å². The Labute approximate surface area is 297 Å². The zero-order valence-corrected chi connectivity index (χ0v) is 28.6. The summed E-state index contributed by atoms with van der Waals surface area (Å²) in [6.07, 6.45) is 3.03. The first kappa shape index (κ1) is 33.1. The van der Waals surface area contributed by atoms with Crippen LogP contribution in [0.15, 0.2) is 77.6 Å². The average Bonchev–Trinajstić information content (AvgIpc) is 3.66. The smallest absolute Gasteiger partial charge is 0.271 e. The number of aromatic nitrogens is 5. The van der Waals surface area contributed by atoms with Gasteiger partial charge in [0, 0.05) is 47.0 Å². The first-order chi connectivity index (χ1) is 24.9. The quantitative estimate of drug-likeness (QED) is 0.149. The largest absolute Gasteiger partial charge is 0.473 e. The molecular formula is C38H37ClFN7O4. The van der Waals surface area contributed by atoms with E-state index in [1.807, 2.05) is 42.5 Å². The SMILES string of the molecule is O=C(NCc1ccc2[nH][nH]c(=O)c2c1)c1ccc2c(c1)nc(CN1CCC(c3cccc(OCc4ccc(Cl)cc4F)n3)CC1)n2C[C@@H]1CCO1. The molecule has 262 valence electrons. The van der Waals surface area contributed by atoms with Crippen LogP contribution in [0.3, 0.4) is 0 Å². The van der Waals surface area contributed by atoms with Gasteiger partial charge in [-0.05, 0) is 86.4 Å². The summed E-state index contributed by atoms with van der Waals surface area (Å²) in [6, 6.07) is 21.5. The number of nitrogens with zero attached hydrogens (tertiary/aromatic N) is 4. The monoisotopic (exact) mass is 709 g/mol. The summed E-state index contributed by atoms with van der Waals surface area (Å²) in [7, 11) is 0. The van der Waals surface area contributed by atoms with Crippen molar-refractivity contribution in [3.8, 4) is 5.88 Å². The second kappa shape index (κ2) is 14.3. The summed E-state index contributed by atoms with van der Waals surface area (Å²) >= 11 is 5.88. The van der Waals surface area contributed by atoms with Crippen molar-refractivity contribution < 1.29 is 18.7 Å². The third-order valence-corrected chi connectivity index (χ3v) is 10.1. The van der Waals surface area contributed by atoms with Gasteiger partial charge in [-0.15, -0.1) is 0 Å². The molecule has 5 heterocycles. The Hall–Kier alpha value is -5.04. The highest BCUT2D eigenvalue weighted by molar-refractivity contribution is 6.30. The summed E-state index contributed by atoms with van der Waals surface area (Å²) in [5, 5.41) is 9.29. The van der Waals surface area contributed by atoms with E-state index in [0.29, 0.717) is 47.1 Å². The van der Waals surface area contributed by atoms with Gasteiger partial charge in [0.25, 0.3) is 11.5 Å². The molecule has 51 heavy (non-hydrogen) atoms. The van der Waals surface area contributed by atoms with Crippen molar-refractivity contribution in [3.63, 3.8) is 0 Å². The second-order valence-corrected chi connectivity index (χ2v) is 13.7. The minimum Gasteiger partial charge on any atom is -0.473 e. The molecule has 0 radical (unpaired) electrons. The Balaban J connectivity index is 0.920. The lowest BCUT2D eigenvalue weighted by Crippen LogP contribution is -2.35. The molecule has 8 rings (SSSR count). The summed E-state index contributed by atoms with van der Waals surface area (Å²) in [5.74, 6) is 1.10. The number of nitrogens with one attached hydrogen (secondary N) is 3. The van der Waals surface area contributed by atoms with E-state index in [1.165, 1.54) is 6.07 Å². The fraction of sp³-hybridized carbons (Fsp3) is 0.316. The van der Waals surface area contributed by atoms with Crippen LogP contribution in [0.2, 0.25) is 5.02 Å². The zero-order valence-electron chi connectivity index (χ0n) is 27.8. The Kier molecular flexibility index (Phi) is 9.28. The van der Waals surface area contributed by atoms with Crippen molar-refractivity contribution in [1.82, 2.24) is 34.9 Å². The number of carbonyl (C=O) groups is 1. The van der Waals surface area contributed by atoms with Gasteiger partial charge in [0.1, 0.15) is 18.2 Å². The van der Waals surface area contributed by atoms with Crippen LogP contribution in [0.4, 0.5) is 4.39 Å². The summed E-state index contributed by atoms with van der Waals surface area (Å²) in [4.78, 5) is 37.4. The first-order valence-electron chi connectivity index (χ1n) is 17.2. The number of likely N-dealkylation sites (tertiary alicyclic amines) is 1. The van der Waals surface area contributed by atoms with Crippen LogP contribution in [-0.2, 0) is 31.0 Å². The molecule has 3 aromatic carbocycles. The number of carbonyl (C=O) groups excluding carboxylic acids is 1. The van der Waals surface area contributed by atoms with Crippen LogP contribution in [0, 0.1) is 5.82 Å². The molecule has 0 aliphatic carbocycles. The van der Waals surface area contributed by atoms with Gasteiger partial charge in [-0.2, -0.15) is 0 Å². The van der Waals surface area contributed by atoms with Crippen LogP contribution in [0.1, 0.15) is 58.2 Å². The van der Waals surface area contributed by atoms with E-state index >= 15 is 0 Å². The molecule has 2 fully saturated rings. The van der Waals surface area contributed by atoms with Crippen molar-refractivity contribution >= 4 is 39.4 Å². The lowest BCUT2D eigenvalue weighted by atomic mass is 9.93. The summed E-state index contributed by atoms with van der Waals surface area (Å²) in [6.45, 7) is 4.29. The number of ether oxygens (including phenoxy) is 2. The number of aromatic amines is 2. The van der Waals surface area contributed by atoms with E-state index in [2.05, 4.69) is 25.0 Å². The lowest BCUT2D eigenvalue weighted by molar-refractivity contribution is -0.0592. The number of fused-ring (bicyclic) bond motifs is 2. The molecule has 2 aliphatic rings. The van der Waals surface area contributed by atoms with Gasteiger partial charge in [0.05, 0.1) is 41.1 Å². The van der Waals surface area contributed by atoms with E-state index in [-0.39, 0.29) is 30.1 Å². The third kappa shape index (κ3) is 7.25. The molecule has 1 atom stereocenters. The minimum atomic E-state index is -0.399. The average molecular weight is 710 g/mol. The van der Waals surface area contributed by atoms with Crippen LogP contribution in [-0.4, -0.2) is 61.3 Å². The molecule has 1 amide bonds. The Morgan fingerprint density at radius 2 is 1.88 bits per heavy atom. The van der Waals surface area contributed by atoms with Crippen LogP contribution >= 0.6 is 11.6 Å². The van der Waals surface area contributed by atoms with Gasteiger partial charge >= 0.3 is 0 Å². The molecule has 3 aromatic heterocycles. The first-order valence-corrected chi connectivity index (χ1v) is 17.6. The molecule has 0 unspecified atom stereocenters. The Morgan fingerprint density at radius 3 is 2.69 bits per heavy atom. The highest BCUT2D eigenvalue weighted by atomic mass is 35.5. The lowest BCUT2D eigenvalue weighted by Gasteiger charge is -2.32. The van der Waals surface area contributed by atoms with Gasteiger partial charge in [-0.25, -0.2) is 14.4 Å². The zero-order chi connectivity index (χ0) is 34.9. The van der Waals surface area contributed by atoms with E-state index in [0.717, 1.165) is 72.6 Å². The van der Waals surface area contributed by atoms with Gasteiger partial charge in [-0.3, -0.25) is 24.7 Å². The Morgan fingerprint density at radius 1 is 1.02 bits per heavy atom. The summed E-state index contributed by atoms with van der Waals surface area (Å²) in [5.41, 5.74) is 5.04. The maximum absolute atomic E-state index is 14.2. The van der Waals surface area contributed by atoms with Gasteiger partial charge < -0.3 is 19.4 Å². The van der Waals surface area contributed by atoms with Gasteiger partial charge in [-0.1, -0.05) is 29.8 Å². The standard InChI is InChI=1S/C38H37ClFN7O4/c39-27-7-5-26(30(40)18-27)22-51-36-3-1-2-31(43-36)24-10-13-46(14-11-24)21-35-42-33-17-25(6-9-34(33)47(35)20-28-12-15-50-28)37(48)41-19-23-4-8-32-29(16-23)38(49)45-44-32/h1-9,16-18,24,28H,10-15,19-22H2,(H,41,48)(H2,44,45,49)/t28-/m0/s1. The normalized spacial score (nSPS) is 16.8. The predicted octanol–water partition coefficient (Wildman–Crippen LogP) is 6.07. The number of amides is 1. The van der Waals surface area contributed by atoms with E-state index in [9.17, 15) is 14.0 Å². The van der Waals surface area contributed by atoms with Gasteiger partial charge in [0.2, 0.25) is 5.88 Å². The van der Waals surface area contributed by atoms with Crippen molar-refractivity contribution in [3.05, 3.63) is 122 Å². The highest BCUT2D eigenvalue weighted by Crippen LogP contribution is 2.30. The van der Waals surface area contributed by atoms with E-state index < -0.39 is 5.82 Å². The molecule has 11 nitrogen and oxygen atoms in total. The maximum atomic E-state index is 14.2. The van der Waals surface area contributed by atoms with Crippen molar-refractivity contribution in [2.75, 3.05) is 19.7 Å². The van der Waals surface area contributed by atoms with Crippen molar-refractivity contribution in [2.24, 2.45) is 0 Å². The minimum absolute atomic E-state index is 0.0749. The fourth-order valence-electron chi connectivity index (χ4n) is 6.87. The van der Waals surface area contributed by atoms with Crippen molar-refractivity contribution in [2.45, 2.75) is 57.5 Å². The molecular weight excluding hydrogens is 673 g/mol. The second-order valence-electron chi connectivity index (χ2n) is 13.2. The molecule has 6 aromatic rings. The molecule has 3 N–H and O–H groups in total. The third-order valence-electron chi connectivity index (χ3n) is 9.87. The number of halogens is 2.